The predicted molar refractivity (Wildman–Crippen MR) is 217 cm³/mol. The molecular weight excluding hydrogens is 764 g/mol. The molecule has 3 aliphatic rings. The number of hydrogen-bond donors (Lipinski definition) is 6. The van der Waals surface area contributed by atoms with Crippen LogP contribution in [-0.4, -0.2) is 126 Å². The van der Waals surface area contributed by atoms with Crippen molar-refractivity contribution in [1.82, 2.24) is 29.5 Å². The highest BCUT2D eigenvalue weighted by atomic mass is 16.5. The van der Waals surface area contributed by atoms with Gasteiger partial charge in [-0.15, -0.1) is 0 Å². The first-order chi connectivity index (χ1) is 28.2. The number of nitrogens with one attached hydrogen (secondary N) is 1. The number of hydrogen-bond acceptors (Lipinski definition) is 12. The van der Waals surface area contributed by atoms with E-state index in [1.165, 1.54) is 37.8 Å². The van der Waals surface area contributed by atoms with Crippen LogP contribution in [-0.2, 0) is 24.0 Å². The normalized spacial score (nSPS) is 18.7. The van der Waals surface area contributed by atoms with Crippen molar-refractivity contribution in [1.29, 1.82) is 0 Å². The molecule has 1 aliphatic carbocycles. The third-order valence-electron chi connectivity index (χ3n) is 10.4. The first kappa shape index (κ1) is 43.5. The highest BCUT2D eigenvalue weighted by molar-refractivity contribution is 6.00. The number of aromatic nitrogens is 4. The summed E-state index contributed by atoms with van der Waals surface area (Å²) in [5.41, 5.74) is 10.6. The molecule has 0 spiro atoms. The lowest BCUT2D eigenvalue weighted by molar-refractivity contribution is -0.134. The minimum Gasteiger partial charge on any atom is -0.495 e. The van der Waals surface area contributed by atoms with Crippen LogP contribution in [0, 0.1) is 5.92 Å². The SMILES string of the molecule is COc1cc(-c2nn(C3CCN(C4CCN(C)CC4)CC3)c3ncnc(N)c23)ccc1NC(=O)[C@@H]1C[C@H]1c1ccccc1.O=C(O)/C=C\C(=O)O.O=C(O)/C=C\C(=O)O. The molecule has 1 saturated carbocycles. The number of anilines is 2. The lowest BCUT2D eigenvalue weighted by atomic mass is 9.98. The average molecular weight is 813 g/mol. The zero-order valence-corrected chi connectivity index (χ0v) is 32.7. The zero-order valence-electron chi connectivity index (χ0n) is 32.7. The Bertz CT molecular complexity index is 2130. The fourth-order valence-electron chi connectivity index (χ4n) is 7.31. The molecular formula is C41H48N8O10. The second-order valence-electron chi connectivity index (χ2n) is 14.3. The van der Waals surface area contributed by atoms with E-state index in [4.69, 9.17) is 36.0 Å². The molecule has 18 nitrogen and oxygen atoms in total. The van der Waals surface area contributed by atoms with Crippen LogP contribution >= 0.6 is 0 Å². The molecule has 4 heterocycles. The van der Waals surface area contributed by atoms with Crippen molar-refractivity contribution in [3.8, 4) is 17.0 Å². The molecule has 2 saturated heterocycles. The highest BCUT2D eigenvalue weighted by Gasteiger charge is 2.44. The van der Waals surface area contributed by atoms with E-state index in [0.717, 1.165) is 54.6 Å². The molecule has 0 unspecified atom stereocenters. The van der Waals surface area contributed by atoms with Gasteiger partial charge in [0.1, 0.15) is 23.6 Å². The molecule has 59 heavy (non-hydrogen) atoms. The van der Waals surface area contributed by atoms with Crippen LogP contribution < -0.4 is 15.8 Å². The second-order valence-corrected chi connectivity index (χ2v) is 14.3. The van der Waals surface area contributed by atoms with Gasteiger partial charge in [-0.05, 0) is 75.9 Å². The fraction of sp³-hybridized carbons (Fsp3) is 0.366. The maximum Gasteiger partial charge on any atom is 0.328 e. The molecule has 4 aromatic rings. The van der Waals surface area contributed by atoms with Crippen LogP contribution in [0.25, 0.3) is 22.3 Å². The second kappa shape index (κ2) is 20.2. The Hall–Kier alpha value is -6.66. The summed E-state index contributed by atoms with van der Waals surface area (Å²) in [7, 11) is 3.83. The van der Waals surface area contributed by atoms with Crippen molar-refractivity contribution >= 4 is 52.3 Å². The van der Waals surface area contributed by atoms with E-state index in [0.29, 0.717) is 47.6 Å². The maximum atomic E-state index is 13.1. The molecule has 1 amide bonds. The molecule has 3 fully saturated rings. The van der Waals surface area contributed by atoms with E-state index in [9.17, 15) is 24.0 Å². The predicted octanol–water partition coefficient (Wildman–Crippen LogP) is 3.98. The smallest absolute Gasteiger partial charge is 0.328 e. The van der Waals surface area contributed by atoms with E-state index < -0.39 is 23.9 Å². The van der Waals surface area contributed by atoms with Gasteiger partial charge in [0.2, 0.25) is 5.91 Å². The number of carboxylic acid groups (broad SMARTS) is 4. The van der Waals surface area contributed by atoms with Crippen LogP contribution in [0.5, 0.6) is 5.75 Å². The zero-order chi connectivity index (χ0) is 42.6. The number of piperidine rings is 2. The summed E-state index contributed by atoms with van der Waals surface area (Å²) in [6.45, 7) is 4.47. The highest BCUT2D eigenvalue weighted by Crippen LogP contribution is 2.48. The number of ether oxygens (including phenoxy) is 1. The summed E-state index contributed by atoms with van der Waals surface area (Å²) in [6, 6.07) is 16.9. The Morgan fingerprint density at radius 1 is 0.797 bits per heavy atom. The molecule has 7 N–H and O–H groups in total. The standard InChI is InChI=1S/C33H40N8O2.2C4H4O4/c1-39-14-10-23(11-15-39)40-16-12-24(13-17-40)41-32-29(31(34)35-20-36-32)30(38-41)22-8-9-27(28(18-22)43-2)37-33(42)26-19-25(26)21-6-4-3-5-7-21;2*5-3(6)1-2-4(7)8/h3-9,18,20,23-26H,10-17,19H2,1-2H3,(H,37,42)(H2,34,35,36);2*1-2H,(H,5,6)(H,7,8)/b;2*2-1-/t25-,26+;;/m0../s1. The number of amides is 1. The van der Waals surface area contributed by atoms with Gasteiger partial charge >= 0.3 is 23.9 Å². The molecule has 312 valence electrons. The lowest BCUT2D eigenvalue weighted by Crippen LogP contribution is -2.47. The summed E-state index contributed by atoms with van der Waals surface area (Å²) in [4.78, 5) is 65.3. The third kappa shape index (κ3) is 11.9. The summed E-state index contributed by atoms with van der Waals surface area (Å²) in [6.07, 6.45) is 9.13. The topological polar surface area (TPSA) is 264 Å². The quantitative estimate of drug-likeness (QED) is 0.117. The summed E-state index contributed by atoms with van der Waals surface area (Å²) in [5, 5.41) is 40.2. The van der Waals surface area contributed by atoms with E-state index in [1.807, 2.05) is 36.4 Å². The summed E-state index contributed by atoms with van der Waals surface area (Å²) < 4.78 is 7.80. The number of nitrogens with two attached hydrogens (primary N) is 1. The molecule has 18 heteroatoms. The number of fused-ring (bicyclic) bond motifs is 1. The van der Waals surface area contributed by atoms with Gasteiger partial charge in [-0.2, -0.15) is 5.10 Å². The molecule has 2 aromatic carbocycles. The largest absolute Gasteiger partial charge is 0.495 e. The van der Waals surface area contributed by atoms with Crippen LogP contribution in [0.15, 0.2) is 79.2 Å². The minimum absolute atomic E-state index is 0.0128. The number of methoxy groups -OCH3 is 1. The van der Waals surface area contributed by atoms with Gasteiger partial charge in [-0.3, -0.25) is 4.79 Å². The molecule has 0 bridgehead atoms. The number of aliphatic carboxylic acids is 4. The van der Waals surface area contributed by atoms with Crippen molar-refractivity contribution in [3.63, 3.8) is 0 Å². The number of carbonyl (C=O) groups is 5. The van der Waals surface area contributed by atoms with Crippen LogP contribution in [0.2, 0.25) is 0 Å². The Balaban J connectivity index is 0.000000350. The summed E-state index contributed by atoms with van der Waals surface area (Å²) >= 11 is 0. The van der Waals surface area contributed by atoms with Crippen LogP contribution in [0.3, 0.4) is 0 Å². The molecule has 0 radical (unpaired) electrons. The van der Waals surface area contributed by atoms with E-state index >= 15 is 0 Å². The number of carbonyl (C=O) groups excluding carboxylic acids is 1. The van der Waals surface area contributed by atoms with E-state index in [1.54, 1.807) is 7.11 Å². The number of nitrogen functional groups attached to an aromatic ring is 1. The van der Waals surface area contributed by atoms with Crippen molar-refractivity contribution < 1.29 is 49.1 Å². The van der Waals surface area contributed by atoms with E-state index in [-0.39, 0.29) is 23.8 Å². The van der Waals surface area contributed by atoms with Gasteiger partial charge in [-0.1, -0.05) is 36.4 Å². The van der Waals surface area contributed by atoms with Gasteiger partial charge in [0.05, 0.1) is 24.2 Å². The molecule has 2 atom stereocenters. The van der Waals surface area contributed by atoms with Crippen molar-refractivity contribution in [3.05, 3.63) is 84.7 Å². The van der Waals surface area contributed by atoms with Gasteiger partial charge in [0.15, 0.2) is 5.65 Å². The number of likely N-dealkylation sites (tertiary alicyclic amines) is 2. The van der Waals surface area contributed by atoms with Gasteiger partial charge in [-0.25, -0.2) is 33.8 Å². The van der Waals surface area contributed by atoms with Gasteiger partial charge in [0.25, 0.3) is 0 Å². The Labute approximate surface area is 339 Å². The first-order valence-electron chi connectivity index (χ1n) is 19.0. The maximum absolute atomic E-state index is 13.1. The van der Waals surface area contributed by atoms with Crippen molar-refractivity contribution in [2.24, 2.45) is 5.92 Å². The average Bonchev–Trinajstić information content (AvgIpc) is 3.94. The minimum atomic E-state index is -1.26. The first-order valence-corrected chi connectivity index (χ1v) is 19.0. The van der Waals surface area contributed by atoms with Crippen molar-refractivity contribution in [2.75, 3.05) is 51.4 Å². The Morgan fingerprint density at radius 3 is 1.93 bits per heavy atom. The van der Waals surface area contributed by atoms with Gasteiger partial charge in [0, 0.05) is 54.9 Å². The number of benzene rings is 2. The van der Waals surface area contributed by atoms with Crippen molar-refractivity contribution in [2.45, 2.75) is 50.1 Å². The number of carboxylic acids is 4. The number of nitrogens with zero attached hydrogens (tertiary/aromatic N) is 6. The molecule has 7 rings (SSSR count). The monoisotopic (exact) mass is 812 g/mol. The Kier molecular flexibility index (Phi) is 14.8. The lowest BCUT2D eigenvalue weighted by Gasteiger charge is -2.41. The van der Waals surface area contributed by atoms with Gasteiger partial charge < -0.3 is 46.0 Å². The Morgan fingerprint density at radius 2 is 1.37 bits per heavy atom. The fourth-order valence-corrected chi connectivity index (χ4v) is 7.31. The molecule has 2 aromatic heterocycles. The van der Waals surface area contributed by atoms with E-state index in [2.05, 4.69) is 48.9 Å². The summed E-state index contributed by atoms with van der Waals surface area (Å²) in [5.74, 6) is -3.80. The molecule has 2 aliphatic heterocycles. The van der Waals surface area contributed by atoms with Crippen LogP contribution in [0.4, 0.5) is 11.5 Å². The number of rotatable bonds is 11. The van der Waals surface area contributed by atoms with Crippen LogP contribution in [0.1, 0.15) is 49.6 Å². The third-order valence-corrected chi connectivity index (χ3v) is 10.4.